The minimum atomic E-state index is 0.132. The van der Waals surface area contributed by atoms with E-state index in [2.05, 4.69) is 124 Å². The number of fused-ring (bicyclic) bond motifs is 3. The van der Waals surface area contributed by atoms with Crippen molar-refractivity contribution in [2.45, 2.75) is 79.2 Å². The lowest BCUT2D eigenvalue weighted by Gasteiger charge is -2.40. The Morgan fingerprint density at radius 1 is 0.909 bits per heavy atom. The van der Waals surface area contributed by atoms with E-state index >= 15 is 0 Å². The zero-order chi connectivity index (χ0) is 23.8. The average molecular weight is 440 g/mol. The van der Waals surface area contributed by atoms with Gasteiger partial charge in [-0.3, -0.25) is 0 Å². The van der Waals surface area contributed by atoms with Gasteiger partial charge >= 0.3 is 0 Å². The molecule has 0 bridgehead atoms. The Kier molecular flexibility index (Phi) is 6.47. The van der Waals surface area contributed by atoms with E-state index in [1.807, 2.05) is 0 Å². The summed E-state index contributed by atoms with van der Waals surface area (Å²) in [6, 6.07) is 13.9. The Labute approximate surface area is 200 Å². The molecule has 2 aromatic heterocycles. The average Bonchev–Trinajstić information content (AvgIpc) is 3.08. The van der Waals surface area contributed by atoms with Crippen molar-refractivity contribution in [3.05, 3.63) is 82.8 Å². The third-order valence-electron chi connectivity index (χ3n) is 8.03. The zero-order valence-corrected chi connectivity index (χ0v) is 21.4. The van der Waals surface area contributed by atoms with Crippen LogP contribution >= 0.6 is 0 Å². The topological polar surface area (TPSA) is 8.81 Å². The molecule has 0 fully saturated rings. The van der Waals surface area contributed by atoms with Crippen molar-refractivity contribution in [2.24, 2.45) is 0 Å². The summed E-state index contributed by atoms with van der Waals surface area (Å²) in [7, 11) is 0. The van der Waals surface area contributed by atoms with Crippen LogP contribution in [0.25, 0.3) is 29.1 Å². The lowest BCUT2D eigenvalue weighted by Crippen LogP contribution is -2.62. The van der Waals surface area contributed by atoms with E-state index in [1.165, 1.54) is 45.0 Å². The van der Waals surface area contributed by atoms with E-state index in [9.17, 15) is 0 Å². The van der Waals surface area contributed by atoms with E-state index in [-0.39, 0.29) is 5.54 Å². The fourth-order valence-electron chi connectivity index (χ4n) is 6.24. The van der Waals surface area contributed by atoms with Crippen molar-refractivity contribution in [1.82, 2.24) is 4.57 Å². The molecule has 3 heterocycles. The quantitative estimate of drug-likeness (QED) is 0.343. The maximum absolute atomic E-state index is 2.58. The molecule has 0 aliphatic carbocycles. The molecule has 2 heteroatoms. The minimum Gasteiger partial charge on any atom is -0.310 e. The van der Waals surface area contributed by atoms with Gasteiger partial charge in [-0.25, -0.2) is 0 Å². The van der Waals surface area contributed by atoms with Gasteiger partial charge < -0.3 is 4.57 Å². The summed E-state index contributed by atoms with van der Waals surface area (Å²) in [5, 5.41) is 0. The van der Waals surface area contributed by atoms with Crippen molar-refractivity contribution in [1.29, 1.82) is 0 Å². The van der Waals surface area contributed by atoms with Gasteiger partial charge in [0.05, 0.1) is 5.56 Å². The van der Waals surface area contributed by atoms with Crippen LogP contribution in [0, 0.1) is 13.8 Å². The summed E-state index contributed by atoms with van der Waals surface area (Å²) in [6.07, 6.45) is 14.5. The second kappa shape index (κ2) is 9.17. The first-order valence-corrected chi connectivity index (χ1v) is 12.6. The van der Waals surface area contributed by atoms with E-state index in [4.69, 9.17) is 0 Å². The minimum absolute atomic E-state index is 0.132. The third-order valence-corrected chi connectivity index (χ3v) is 8.03. The van der Waals surface area contributed by atoms with Crippen LogP contribution in [-0.2, 0) is 5.54 Å². The highest BCUT2D eigenvalue weighted by molar-refractivity contribution is 5.71. The first-order chi connectivity index (χ1) is 16.0. The standard InChI is InChI=1S/C31H39N2/c1-8-15-28-22(6)23(7)29(16-9-2)33(28)24-18-19-25-26(21-24)30-17-13-14-20-32(30)31(11-4,12-5)27(25)10-3/h8-9,13-21,27H,10-12H2,1-7H3/q+1. The Hall–Kier alpha value is -2.87. The smallest absolute Gasteiger partial charge is 0.213 e. The van der Waals surface area contributed by atoms with Gasteiger partial charge in [-0.15, -0.1) is 0 Å². The molecule has 1 aliphatic heterocycles. The van der Waals surface area contributed by atoms with Crippen LogP contribution in [0.3, 0.4) is 0 Å². The molecule has 3 aromatic rings. The molecule has 0 spiro atoms. The molecule has 1 atom stereocenters. The van der Waals surface area contributed by atoms with E-state index in [0.717, 1.165) is 19.3 Å². The van der Waals surface area contributed by atoms with Crippen LogP contribution < -0.4 is 4.57 Å². The van der Waals surface area contributed by atoms with Gasteiger partial charge in [0.15, 0.2) is 11.7 Å². The van der Waals surface area contributed by atoms with Crippen LogP contribution in [0.2, 0.25) is 0 Å². The van der Waals surface area contributed by atoms with Crippen LogP contribution in [-0.4, -0.2) is 4.57 Å². The number of hydrogen-bond donors (Lipinski definition) is 0. The Morgan fingerprint density at radius 2 is 1.55 bits per heavy atom. The maximum atomic E-state index is 2.58. The van der Waals surface area contributed by atoms with Gasteiger partial charge in [-0.1, -0.05) is 39.0 Å². The molecule has 1 unspecified atom stereocenters. The predicted molar refractivity (Wildman–Crippen MR) is 142 cm³/mol. The molecular weight excluding hydrogens is 400 g/mol. The van der Waals surface area contributed by atoms with Gasteiger partial charge in [0.2, 0.25) is 5.69 Å². The Bertz CT molecular complexity index is 1180. The highest BCUT2D eigenvalue weighted by Crippen LogP contribution is 2.47. The first-order valence-electron chi connectivity index (χ1n) is 12.6. The highest BCUT2D eigenvalue weighted by Gasteiger charge is 2.50. The van der Waals surface area contributed by atoms with Crippen LogP contribution in [0.4, 0.5) is 0 Å². The molecule has 1 aromatic carbocycles. The highest BCUT2D eigenvalue weighted by atomic mass is 15.1. The molecule has 0 amide bonds. The molecule has 33 heavy (non-hydrogen) atoms. The molecule has 2 nitrogen and oxygen atoms in total. The van der Waals surface area contributed by atoms with Gasteiger partial charge in [0.1, 0.15) is 0 Å². The van der Waals surface area contributed by atoms with Gasteiger partial charge in [0.25, 0.3) is 0 Å². The van der Waals surface area contributed by atoms with Crippen LogP contribution in [0.15, 0.2) is 54.7 Å². The van der Waals surface area contributed by atoms with Crippen molar-refractivity contribution < 1.29 is 4.57 Å². The molecule has 0 saturated carbocycles. The van der Waals surface area contributed by atoms with Gasteiger partial charge in [-0.2, -0.15) is 4.57 Å². The number of rotatable bonds is 6. The van der Waals surface area contributed by atoms with Gasteiger partial charge in [-0.05, 0) is 81.2 Å². The molecule has 4 rings (SSSR count). The van der Waals surface area contributed by atoms with E-state index in [0.29, 0.717) is 5.92 Å². The van der Waals surface area contributed by atoms with E-state index in [1.54, 1.807) is 0 Å². The largest absolute Gasteiger partial charge is 0.310 e. The monoisotopic (exact) mass is 439 g/mol. The second-order valence-electron chi connectivity index (χ2n) is 9.35. The van der Waals surface area contributed by atoms with Gasteiger partial charge in [0, 0.05) is 48.0 Å². The van der Waals surface area contributed by atoms with Crippen molar-refractivity contribution in [3.8, 4) is 16.9 Å². The van der Waals surface area contributed by atoms with Crippen molar-refractivity contribution in [2.75, 3.05) is 0 Å². The summed E-state index contributed by atoms with van der Waals surface area (Å²) in [6.45, 7) is 15.7. The number of pyridine rings is 1. The first kappa shape index (κ1) is 23.3. The number of allylic oxidation sites excluding steroid dienone is 2. The van der Waals surface area contributed by atoms with Crippen molar-refractivity contribution >= 4 is 12.2 Å². The Morgan fingerprint density at radius 3 is 2.09 bits per heavy atom. The number of hydrogen-bond acceptors (Lipinski definition) is 0. The maximum Gasteiger partial charge on any atom is 0.213 e. The zero-order valence-electron chi connectivity index (χ0n) is 21.4. The molecule has 0 radical (unpaired) electrons. The van der Waals surface area contributed by atoms with E-state index < -0.39 is 0 Å². The van der Waals surface area contributed by atoms with Crippen LogP contribution in [0.5, 0.6) is 0 Å². The Balaban J connectivity index is 2.04. The summed E-state index contributed by atoms with van der Waals surface area (Å²) in [5.41, 5.74) is 10.8. The van der Waals surface area contributed by atoms with Crippen molar-refractivity contribution in [3.63, 3.8) is 0 Å². The lowest BCUT2D eigenvalue weighted by molar-refractivity contribution is -0.762. The summed E-state index contributed by atoms with van der Waals surface area (Å²) < 4.78 is 5.01. The summed E-state index contributed by atoms with van der Waals surface area (Å²) >= 11 is 0. The summed E-state index contributed by atoms with van der Waals surface area (Å²) in [5.74, 6) is 0.509. The molecular formula is C31H39N2+. The SMILES string of the molecule is CC=Cc1c(C)c(C)c(C=CC)n1-c1ccc2c(c1)-c1cccc[n+]1C(CC)(CC)C2CC. The number of aromatic nitrogens is 2. The number of benzene rings is 1. The third kappa shape index (κ3) is 3.42. The second-order valence-corrected chi connectivity index (χ2v) is 9.35. The normalized spacial score (nSPS) is 17.0. The lowest BCUT2D eigenvalue weighted by atomic mass is 9.69. The molecule has 0 saturated heterocycles. The summed E-state index contributed by atoms with van der Waals surface area (Å²) in [4.78, 5) is 0. The molecule has 172 valence electrons. The number of nitrogens with zero attached hydrogens (tertiary/aromatic N) is 2. The molecule has 1 aliphatic rings. The van der Waals surface area contributed by atoms with Crippen LogP contribution in [0.1, 0.15) is 87.9 Å². The fourth-order valence-corrected chi connectivity index (χ4v) is 6.24. The molecule has 0 N–H and O–H groups in total. The fraction of sp³-hybridized carbons (Fsp3) is 0.387. The predicted octanol–water partition coefficient (Wildman–Crippen LogP) is 8.14.